The van der Waals surface area contributed by atoms with Gasteiger partial charge in [0.05, 0.1) is 0 Å². The Labute approximate surface area is 172 Å². The first kappa shape index (κ1) is 19.5. The first-order valence-corrected chi connectivity index (χ1v) is 9.35. The standard InChI is InChI=1S/C24H18F2N2O2/c25-21-13-19(14-27-23(21)26)20-11-12-22(29-15-17-7-3-1-4-8-17)28-24(20)30-16-18-9-5-2-6-10-18/h1-14H,15-16H2. The van der Waals surface area contributed by atoms with E-state index in [1.807, 2.05) is 60.7 Å². The molecule has 0 amide bonds. The third-order valence-corrected chi connectivity index (χ3v) is 4.39. The third kappa shape index (κ3) is 4.78. The van der Waals surface area contributed by atoms with Crippen molar-refractivity contribution < 1.29 is 18.3 Å². The van der Waals surface area contributed by atoms with Gasteiger partial charge in [-0.25, -0.2) is 9.37 Å². The average Bonchev–Trinajstić information content (AvgIpc) is 2.79. The van der Waals surface area contributed by atoms with Gasteiger partial charge < -0.3 is 9.47 Å². The van der Waals surface area contributed by atoms with Crippen molar-refractivity contribution in [1.82, 2.24) is 9.97 Å². The van der Waals surface area contributed by atoms with Crippen molar-refractivity contribution in [2.24, 2.45) is 0 Å². The van der Waals surface area contributed by atoms with Gasteiger partial charge in [0.1, 0.15) is 13.2 Å². The summed E-state index contributed by atoms with van der Waals surface area (Å²) in [4.78, 5) is 7.90. The summed E-state index contributed by atoms with van der Waals surface area (Å²) in [6.07, 6.45) is 1.25. The molecule has 150 valence electrons. The molecule has 2 heterocycles. The van der Waals surface area contributed by atoms with E-state index in [1.165, 1.54) is 6.20 Å². The zero-order valence-corrected chi connectivity index (χ0v) is 16.0. The van der Waals surface area contributed by atoms with Crippen molar-refractivity contribution in [3.8, 4) is 22.9 Å². The number of nitrogens with zero attached hydrogens (tertiary/aromatic N) is 2. The van der Waals surface area contributed by atoms with Crippen LogP contribution in [0.3, 0.4) is 0 Å². The largest absolute Gasteiger partial charge is 0.473 e. The lowest BCUT2D eigenvalue weighted by Gasteiger charge is -2.13. The maximum absolute atomic E-state index is 13.7. The second kappa shape index (κ2) is 9.13. The minimum atomic E-state index is -1.15. The number of ether oxygens (including phenoxy) is 2. The SMILES string of the molecule is Fc1cc(-c2ccc(OCc3ccccc3)nc2OCc2ccccc2)cnc1F. The van der Waals surface area contributed by atoms with E-state index in [2.05, 4.69) is 9.97 Å². The molecule has 0 atom stereocenters. The molecule has 2 aromatic carbocycles. The highest BCUT2D eigenvalue weighted by atomic mass is 19.2. The number of rotatable bonds is 7. The number of hydrogen-bond acceptors (Lipinski definition) is 4. The molecular weight excluding hydrogens is 386 g/mol. The molecule has 0 aliphatic rings. The summed E-state index contributed by atoms with van der Waals surface area (Å²) in [5, 5.41) is 0. The lowest BCUT2D eigenvalue weighted by atomic mass is 10.1. The normalized spacial score (nSPS) is 10.6. The molecule has 4 aromatic rings. The van der Waals surface area contributed by atoms with Crippen LogP contribution in [0.2, 0.25) is 0 Å². The topological polar surface area (TPSA) is 44.2 Å². The highest BCUT2D eigenvalue weighted by Gasteiger charge is 2.14. The minimum Gasteiger partial charge on any atom is -0.473 e. The molecule has 0 saturated heterocycles. The molecule has 0 fully saturated rings. The van der Waals surface area contributed by atoms with Gasteiger partial charge in [0.2, 0.25) is 17.7 Å². The lowest BCUT2D eigenvalue weighted by Crippen LogP contribution is -2.03. The Bertz CT molecular complexity index is 1120. The van der Waals surface area contributed by atoms with Crippen LogP contribution in [0.4, 0.5) is 8.78 Å². The van der Waals surface area contributed by atoms with E-state index in [1.54, 1.807) is 12.1 Å². The number of halogens is 2. The van der Waals surface area contributed by atoms with E-state index in [-0.39, 0.29) is 12.5 Å². The minimum absolute atomic E-state index is 0.247. The van der Waals surface area contributed by atoms with Crippen LogP contribution >= 0.6 is 0 Å². The summed E-state index contributed by atoms with van der Waals surface area (Å²) in [5.74, 6) is -1.58. The van der Waals surface area contributed by atoms with Crippen molar-refractivity contribution in [2.45, 2.75) is 13.2 Å². The van der Waals surface area contributed by atoms with Gasteiger partial charge in [0.15, 0.2) is 5.82 Å². The zero-order chi connectivity index (χ0) is 20.8. The fourth-order valence-corrected chi connectivity index (χ4v) is 2.86. The Morgan fingerprint density at radius 1 is 0.733 bits per heavy atom. The van der Waals surface area contributed by atoms with Crippen LogP contribution in [-0.2, 0) is 13.2 Å². The van der Waals surface area contributed by atoms with Crippen molar-refractivity contribution in [2.75, 3.05) is 0 Å². The summed E-state index contributed by atoms with van der Waals surface area (Å²) in [6, 6.07) is 23.7. The van der Waals surface area contributed by atoms with Gasteiger partial charge >= 0.3 is 0 Å². The molecule has 4 nitrogen and oxygen atoms in total. The van der Waals surface area contributed by atoms with E-state index in [4.69, 9.17) is 9.47 Å². The van der Waals surface area contributed by atoms with Gasteiger partial charge in [0.25, 0.3) is 0 Å². The molecule has 0 aliphatic heterocycles. The second-order valence-corrected chi connectivity index (χ2v) is 6.55. The van der Waals surface area contributed by atoms with Crippen LogP contribution in [0, 0.1) is 11.8 Å². The molecular formula is C24H18F2N2O2. The van der Waals surface area contributed by atoms with E-state index < -0.39 is 11.8 Å². The molecule has 2 aromatic heterocycles. The molecule has 30 heavy (non-hydrogen) atoms. The van der Waals surface area contributed by atoms with E-state index in [9.17, 15) is 8.78 Å². The quantitative estimate of drug-likeness (QED) is 0.377. The smallest absolute Gasteiger partial charge is 0.248 e. The molecule has 0 spiro atoms. The summed E-state index contributed by atoms with van der Waals surface area (Å²) >= 11 is 0. The van der Waals surface area contributed by atoms with Crippen LogP contribution in [0.25, 0.3) is 11.1 Å². The summed E-state index contributed by atoms with van der Waals surface area (Å²) in [6.45, 7) is 0.609. The van der Waals surface area contributed by atoms with Crippen LogP contribution < -0.4 is 9.47 Å². The van der Waals surface area contributed by atoms with Gasteiger partial charge in [-0.3, -0.25) is 0 Å². The van der Waals surface area contributed by atoms with Gasteiger partial charge in [0, 0.05) is 23.4 Å². The van der Waals surface area contributed by atoms with Gasteiger partial charge in [-0.05, 0) is 23.3 Å². The monoisotopic (exact) mass is 404 g/mol. The first-order valence-electron chi connectivity index (χ1n) is 9.35. The number of hydrogen-bond donors (Lipinski definition) is 0. The molecule has 0 bridgehead atoms. The second-order valence-electron chi connectivity index (χ2n) is 6.55. The summed E-state index contributed by atoms with van der Waals surface area (Å²) in [7, 11) is 0. The predicted molar refractivity (Wildman–Crippen MR) is 109 cm³/mol. The Hall–Kier alpha value is -3.80. The van der Waals surface area contributed by atoms with Crippen molar-refractivity contribution in [3.63, 3.8) is 0 Å². The molecule has 0 aliphatic carbocycles. The van der Waals surface area contributed by atoms with Crippen LogP contribution in [0.15, 0.2) is 85.1 Å². The maximum Gasteiger partial charge on any atom is 0.248 e. The van der Waals surface area contributed by atoms with Crippen LogP contribution in [0.1, 0.15) is 11.1 Å². The summed E-state index contributed by atoms with van der Waals surface area (Å²) in [5.41, 5.74) is 2.80. The molecule has 0 radical (unpaired) electrons. The van der Waals surface area contributed by atoms with E-state index in [0.717, 1.165) is 17.2 Å². The average molecular weight is 404 g/mol. The van der Waals surface area contributed by atoms with Crippen LogP contribution in [0.5, 0.6) is 11.8 Å². The van der Waals surface area contributed by atoms with Crippen molar-refractivity contribution >= 4 is 0 Å². The van der Waals surface area contributed by atoms with Crippen molar-refractivity contribution in [1.29, 1.82) is 0 Å². The first-order chi connectivity index (χ1) is 14.7. The Kier molecular flexibility index (Phi) is 5.94. The molecule has 0 unspecified atom stereocenters. The number of aromatic nitrogens is 2. The highest BCUT2D eigenvalue weighted by Crippen LogP contribution is 2.31. The van der Waals surface area contributed by atoms with E-state index >= 15 is 0 Å². The molecule has 0 N–H and O–H groups in total. The Balaban J connectivity index is 1.61. The van der Waals surface area contributed by atoms with Gasteiger partial charge in [-0.1, -0.05) is 60.7 Å². The highest BCUT2D eigenvalue weighted by molar-refractivity contribution is 5.68. The number of benzene rings is 2. The van der Waals surface area contributed by atoms with Crippen LogP contribution in [-0.4, -0.2) is 9.97 Å². The Morgan fingerprint density at radius 2 is 1.37 bits per heavy atom. The summed E-state index contributed by atoms with van der Waals surface area (Å²) < 4.78 is 38.7. The maximum atomic E-state index is 13.7. The Morgan fingerprint density at radius 3 is 2.00 bits per heavy atom. The number of pyridine rings is 2. The molecule has 4 rings (SSSR count). The molecule has 6 heteroatoms. The molecule has 0 saturated carbocycles. The third-order valence-electron chi connectivity index (χ3n) is 4.39. The van der Waals surface area contributed by atoms with Crippen molar-refractivity contribution in [3.05, 3.63) is 108 Å². The zero-order valence-electron chi connectivity index (χ0n) is 16.0. The van der Waals surface area contributed by atoms with E-state index in [0.29, 0.717) is 23.6 Å². The fourth-order valence-electron chi connectivity index (χ4n) is 2.86. The van der Waals surface area contributed by atoms with Gasteiger partial charge in [-0.2, -0.15) is 9.37 Å². The lowest BCUT2D eigenvalue weighted by molar-refractivity contribution is 0.268. The predicted octanol–water partition coefficient (Wildman–Crippen LogP) is 5.58. The van der Waals surface area contributed by atoms with Gasteiger partial charge in [-0.15, -0.1) is 0 Å². The fraction of sp³-hybridized carbons (Fsp3) is 0.0833.